The van der Waals surface area contributed by atoms with Crippen molar-refractivity contribution in [2.75, 3.05) is 24.5 Å². The summed E-state index contributed by atoms with van der Waals surface area (Å²) in [4.78, 5) is 30.2. The number of hydrogen-bond donors (Lipinski definition) is 0. The molecule has 0 spiro atoms. The van der Waals surface area contributed by atoms with Crippen LogP contribution in [0.15, 0.2) is 43.0 Å². The Kier molecular flexibility index (Phi) is 7.37. The zero-order chi connectivity index (χ0) is 31.4. The Morgan fingerprint density at radius 2 is 1.86 bits per heavy atom. The lowest BCUT2D eigenvalue weighted by Crippen LogP contribution is -2.59. The van der Waals surface area contributed by atoms with Gasteiger partial charge in [-0.3, -0.25) is 14.5 Å². The first-order valence-electron chi connectivity index (χ1n) is 13.9. The molecule has 2 unspecified atom stereocenters. The van der Waals surface area contributed by atoms with Crippen molar-refractivity contribution < 1.29 is 9.18 Å². The molecule has 0 N–H and O–H groups in total. The van der Waals surface area contributed by atoms with Crippen LogP contribution >= 0.6 is 11.6 Å². The average molecular weight is 599 g/mol. The number of fused-ring (bicyclic) bond motifs is 1. The molecule has 0 bridgehead atoms. The van der Waals surface area contributed by atoms with Crippen molar-refractivity contribution in [1.29, 1.82) is 10.5 Å². The smallest absolute Gasteiger partial charge is 0.276 e. The maximum atomic E-state index is 15.4. The lowest BCUT2D eigenvalue weighted by Gasteiger charge is -2.42. The molecule has 2 fully saturated rings. The summed E-state index contributed by atoms with van der Waals surface area (Å²) in [6.45, 7) is 2.67. The number of anilines is 1. The van der Waals surface area contributed by atoms with Gasteiger partial charge in [0.25, 0.3) is 11.6 Å². The van der Waals surface area contributed by atoms with Crippen LogP contribution in [0.1, 0.15) is 25.5 Å². The molecule has 4 heterocycles. The second kappa shape index (κ2) is 10.9. The summed E-state index contributed by atoms with van der Waals surface area (Å²) >= 11 is 6.31. The van der Waals surface area contributed by atoms with Crippen LogP contribution in [-0.2, 0) is 10.0 Å². The SMILES string of the molecule is [B]C([B])([B])n1nc(-c2ccc(-c3cncc(Cl)c3)c3c(N4CCN(C(=O)C(F)(C#N)C5CC5)C(C)C4)ncnc23)cc1C#N. The Hall–Kier alpha value is -4.42. The van der Waals surface area contributed by atoms with E-state index in [2.05, 4.69) is 20.1 Å². The van der Waals surface area contributed by atoms with Gasteiger partial charge in [-0.2, -0.15) is 15.6 Å². The van der Waals surface area contributed by atoms with Gasteiger partial charge in [-0.05, 0) is 42.7 Å². The maximum Gasteiger partial charge on any atom is 0.276 e. The third kappa shape index (κ3) is 5.07. The molecule has 1 saturated heterocycles. The van der Waals surface area contributed by atoms with Gasteiger partial charge in [-0.15, -0.1) is 0 Å². The van der Waals surface area contributed by atoms with Crippen molar-refractivity contribution in [3.63, 3.8) is 0 Å². The van der Waals surface area contributed by atoms with Crippen molar-refractivity contribution in [1.82, 2.24) is 29.6 Å². The van der Waals surface area contributed by atoms with Crippen molar-refractivity contribution >= 4 is 57.8 Å². The number of alkyl halides is 1. The Morgan fingerprint density at radius 1 is 1.11 bits per heavy atom. The van der Waals surface area contributed by atoms with Gasteiger partial charge in [0.15, 0.2) is 0 Å². The van der Waals surface area contributed by atoms with E-state index >= 15 is 4.39 Å². The summed E-state index contributed by atoms with van der Waals surface area (Å²) in [5.41, 5.74) is 0.403. The molecule has 1 aliphatic heterocycles. The lowest BCUT2D eigenvalue weighted by atomic mass is 9.49. The fourth-order valence-corrected chi connectivity index (χ4v) is 5.92. The van der Waals surface area contributed by atoms with E-state index in [0.29, 0.717) is 64.5 Å². The van der Waals surface area contributed by atoms with Crippen LogP contribution in [0.5, 0.6) is 0 Å². The number of carbonyl (C=O) groups is 1. The minimum Gasteiger partial charge on any atom is -0.352 e. The average Bonchev–Trinajstić information content (AvgIpc) is 3.77. The fraction of sp³-hybridized carbons (Fsp3) is 0.345. The number of piperazine rings is 1. The summed E-state index contributed by atoms with van der Waals surface area (Å²) < 4.78 is 16.5. The largest absolute Gasteiger partial charge is 0.352 e. The minimum absolute atomic E-state index is 0.0557. The van der Waals surface area contributed by atoms with Crippen LogP contribution in [0.25, 0.3) is 33.3 Å². The number of carbonyl (C=O) groups excluding carboxylic acids is 1. The van der Waals surface area contributed by atoms with E-state index in [9.17, 15) is 15.3 Å². The van der Waals surface area contributed by atoms with E-state index in [1.807, 2.05) is 24.0 Å². The maximum absolute atomic E-state index is 15.4. The Balaban J connectivity index is 1.46. The molecule has 6 rings (SSSR count). The van der Waals surface area contributed by atoms with Crippen LogP contribution in [0.3, 0.4) is 0 Å². The summed E-state index contributed by atoms with van der Waals surface area (Å²) in [5, 5.41) is 22.8. The van der Waals surface area contributed by atoms with Gasteiger partial charge in [0.05, 0.1) is 45.2 Å². The van der Waals surface area contributed by atoms with Gasteiger partial charge in [-0.1, -0.05) is 17.7 Å². The molecular formula is C29H22B3ClFN9O. The Morgan fingerprint density at radius 3 is 2.48 bits per heavy atom. The summed E-state index contributed by atoms with van der Waals surface area (Å²) in [6, 6.07) is 10.2. The predicted molar refractivity (Wildman–Crippen MR) is 165 cm³/mol. The molecule has 2 atom stereocenters. The molecule has 6 radical (unpaired) electrons. The molecule has 3 aromatic heterocycles. The number of nitrogens with zero attached hydrogens (tertiary/aromatic N) is 9. The Labute approximate surface area is 262 Å². The van der Waals surface area contributed by atoms with Gasteiger partial charge in [0.2, 0.25) is 0 Å². The fourth-order valence-electron chi connectivity index (χ4n) is 5.75. The molecule has 1 aliphatic carbocycles. The van der Waals surface area contributed by atoms with Crippen LogP contribution in [0.4, 0.5) is 10.2 Å². The number of rotatable bonds is 6. The number of nitriles is 2. The van der Waals surface area contributed by atoms with Crippen LogP contribution in [-0.4, -0.2) is 90.4 Å². The molecular weight excluding hydrogens is 577 g/mol. The number of amides is 1. The van der Waals surface area contributed by atoms with E-state index in [1.54, 1.807) is 24.4 Å². The highest BCUT2D eigenvalue weighted by atomic mass is 35.5. The molecule has 1 aromatic carbocycles. The number of aromatic nitrogens is 5. The predicted octanol–water partition coefficient (Wildman–Crippen LogP) is 2.83. The van der Waals surface area contributed by atoms with Gasteiger partial charge in [0, 0.05) is 61.2 Å². The summed E-state index contributed by atoms with van der Waals surface area (Å²) in [5.74, 6) is -0.781. The molecule has 15 heteroatoms. The highest BCUT2D eigenvalue weighted by Crippen LogP contribution is 2.44. The summed E-state index contributed by atoms with van der Waals surface area (Å²) in [7, 11) is 17.6. The molecule has 10 nitrogen and oxygen atoms in total. The van der Waals surface area contributed by atoms with Gasteiger partial charge >= 0.3 is 0 Å². The number of hydrogen-bond acceptors (Lipinski definition) is 8. The number of halogens is 2. The van der Waals surface area contributed by atoms with Gasteiger partial charge in [-0.25, -0.2) is 14.4 Å². The third-order valence-corrected chi connectivity index (χ3v) is 8.26. The van der Waals surface area contributed by atoms with Crippen molar-refractivity contribution in [2.45, 2.75) is 36.7 Å². The van der Waals surface area contributed by atoms with Crippen molar-refractivity contribution in [3.05, 3.63) is 53.7 Å². The topological polar surface area (TPSA) is 128 Å². The monoisotopic (exact) mass is 599 g/mol. The van der Waals surface area contributed by atoms with Gasteiger partial charge in [0.1, 0.15) is 30.0 Å². The van der Waals surface area contributed by atoms with Crippen LogP contribution < -0.4 is 4.90 Å². The minimum atomic E-state index is -2.51. The second-order valence-corrected chi connectivity index (χ2v) is 11.6. The molecule has 44 heavy (non-hydrogen) atoms. The van der Waals surface area contributed by atoms with Crippen LogP contribution in [0.2, 0.25) is 5.02 Å². The number of benzene rings is 1. The first kappa shape index (κ1) is 29.6. The van der Waals surface area contributed by atoms with Crippen LogP contribution in [0, 0.1) is 28.6 Å². The third-order valence-electron chi connectivity index (χ3n) is 8.05. The molecule has 1 amide bonds. The standard InChI is InChI=1S/C29H22B3ClFN9O/c1-16-13-41(6-7-42(16)27(44)28(34,14-36)18-2-3-18)26-24-21(17-8-19(33)12-37-11-17)4-5-22(25(24)38-15-39-26)23-9-20(10-35)43(40-23)29(30,31)32/h4-5,8-9,11-12,15-16,18H,2-3,6-7,13H2,1H3. The first-order valence-corrected chi connectivity index (χ1v) is 14.3. The van der Waals surface area contributed by atoms with E-state index in [-0.39, 0.29) is 12.2 Å². The van der Waals surface area contributed by atoms with E-state index < -0.39 is 28.8 Å². The normalized spacial score (nSPS) is 18.4. The lowest BCUT2D eigenvalue weighted by molar-refractivity contribution is -0.144. The highest BCUT2D eigenvalue weighted by Gasteiger charge is 2.55. The van der Waals surface area contributed by atoms with Crippen molar-refractivity contribution in [2.24, 2.45) is 5.92 Å². The van der Waals surface area contributed by atoms with E-state index in [4.69, 9.17) is 35.1 Å². The Bertz CT molecular complexity index is 1880. The molecule has 212 valence electrons. The molecule has 1 saturated carbocycles. The quantitative estimate of drug-likeness (QED) is 0.310. The molecule has 4 aromatic rings. The van der Waals surface area contributed by atoms with Crippen molar-refractivity contribution in [3.8, 4) is 34.5 Å². The molecule has 2 aliphatic rings. The zero-order valence-corrected chi connectivity index (χ0v) is 24.4. The van der Waals surface area contributed by atoms with E-state index in [0.717, 1.165) is 10.2 Å². The first-order chi connectivity index (χ1) is 21.0. The van der Waals surface area contributed by atoms with Gasteiger partial charge < -0.3 is 9.80 Å². The second-order valence-electron chi connectivity index (χ2n) is 11.2. The van der Waals surface area contributed by atoms with E-state index in [1.165, 1.54) is 23.5 Å². The zero-order valence-electron chi connectivity index (χ0n) is 23.7. The highest BCUT2D eigenvalue weighted by molar-refractivity contribution is 6.56. The number of pyridine rings is 1. The summed E-state index contributed by atoms with van der Waals surface area (Å²) in [6.07, 6.45) is 5.67.